The van der Waals surface area contributed by atoms with Gasteiger partial charge < -0.3 is 10.1 Å². The zero-order valence-electron chi connectivity index (χ0n) is 11.7. The lowest BCUT2D eigenvalue weighted by molar-refractivity contribution is 0.343. The van der Waals surface area contributed by atoms with Crippen molar-refractivity contribution in [1.29, 1.82) is 0 Å². The van der Waals surface area contributed by atoms with E-state index < -0.39 is 0 Å². The van der Waals surface area contributed by atoms with Crippen LogP contribution in [0.1, 0.15) is 38.8 Å². The van der Waals surface area contributed by atoms with Gasteiger partial charge in [0.1, 0.15) is 5.75 Å². The van der Waals surface area contributed by atoms with Crippen LogP contribution in [0.5, 0.6) is 5.75 Å². The largest absolute Gasteiger partial charge is 0.497 e. The van der Waals surface area contributed by atoms with Gasteiger partial charge in [0.25, 0.3) is 0 Å². The second kappa shape index (κ2) is 6.65. The first-order chi connectivity index (χ1) is 8.08. The third-order valence-electron chi connectivity index (χ3n) is 3.20. The molecule has 0 aliphatic heterocycles. The Hall–Kier alpha value is -1.02. The highest BCUT2D eigenvalue weighted by Crippen LogP contribution is 2.27. The Kier molecular flexibility index (Phi) is 5.49. The molecule has 0 spiro atoms. The summed E-state index contributed by atoms with van der Waals surface area (Å²) < 4.78 is 5.19. The van der Waals surface area contributed by atoms with Gasteiger partial charge in [0.15, 0.2) is 0 Å². The van der Waals surface area contributed by atoms with Crippen LogP contribution in [0.3, 0.4) is 0 Å². The number of methoxy groups -OCH3 is 1. The maximum absolute atomic E-state index is 5.19. The van der Waals surface area contributed by atoms with E-state index in [0.29, 0.717) is 12.0 Å². The fraction of sp³-hybridized carbons (Fsp3) is 0.600. The van der Waals surface area contributed by atoms with Crippen molar-refractivity contribution in [3.63, 3.8) is 0 Å². The molecule has 0 bridgehead atoms. The van der Waals surface area contributed by atoms with Crippen molar-refractivity contribution in [2.45, 2.75) is 33.2 Å². The molecule has 0 saturated heterocycles. The maximum Gasteiger partial charge on any atom is 0.118 e. The number of hydrogen-bond acceptors (Lipinski definition) is 2. The summed E-state index contributed by atoms with van der Waals surface area (Å²) in [6, 6.07) is 8.78. The van der Waals surface area contributed by atoms with Gasteiger partial charge in [0, 0.05) is 6.04 Å². The summed E-state index contributed by atoms with van der Waals surface area (Å²) in [6.45, 7) is 6.86. The summed E-state index contributed by atoms with van der Waals surface area (Å²) in [5.41, 5.74) is 1.33. The highest BCUT2D eigenvalue weighted by Gasteiger charge is 2.18. The smallest absolute Gasteiger partial charge is 0.118 e. The van der Waals surface area contributed by atoms with E-state index in [0.717, 1.165) is 11.7 Å². The quantitative estimate of drug-likeness (QED) is 0.813. The minimum atomic E-state index is 0.420. The lowest BCUT2D eigenvalue weighted by Gasteiger charge is -2.25. The van der Waals surface area contributed by atoms with Gasteiger partial charge in [-0.1, -0.05) is 32.9 Å². The Bertz CT molecular complexity index is 318. The van der Waals surface area contributed by atoms with Crippen molar-refractivity contribution in [3.8, 4) is 5.75 Å². The van der Waals surface area contributed by atoms with Crippen LogP contribution in [0, 0.1) is 11.8 Å². The molecule has 0 heterocycles. The number of benzene rings is 1. The first-order valence-electron chi connectivity index (χ1n) is 6.39. The van der Waals surface area contributed by atoms with Crippen LogP contribution in [0.2, 0.25) is 0 Å². The highest BCUT2D eigenvalue weighted by atomic mass is 16.5. The minimum absolute atomic E-state index is 0.420. The molecule has 17 heavy (non-hydrogen) atoms. The maximum atomic E-state index is 5.19. The molecule has 1 aromatic rings. The Labute approximate surface area is 105 Å². The predicted molar refractivity (Wildman–Crippen MR) is 73.4 cm³/mol. The van der Waals surface area contributed by atoms with Crippen molar-refractivity contribution >= 4 is 0 Å². The van der Waals surface area contributed by atoms with Crippen LogP contribution in [0.25, 0.3) is 0 Å². The molecule has 96 valence electrons. The van der Waals surface area contributed by atoms with Crippen molar-refractivity contribution < 1.29 is 4.74 Å². The Morgan fingerprint density at radius 1 is 1.12 bits per heavy atom. The summed E-state index contributed by atoms with van der Waals surface area (Å²) >= 11 is 0. The Balaban J connectivity index is 2.77. The molecule has 1 N–H and O–H groups in total. The van der Waals surface area contributed by atoms with Gasteiger partial charge in [-0.3, -0.25) is 0 Å². The van der Waals surface area contributed by atoms with Gasteiger partial charge >= 0.3 is 0 Å². The van der Waals surface area contributed by atoms with Crippen LogP contribution in [-0.4, -0.2) is 14.2 Å². The number of ether oxygens (including phenoxy) is 1. The lowest BCUT2D eigenvalue weighted by atomic mass is 9.88. The number of nitrogens with one attached hydrogen (secondary N) is 1. The molecule has 2 atom stereocenters. The van der Waals surface area contributed by atoms with Crippen LogP contribution in [0.15, 0.2) is 24.3 Å². The molecule has 0 aromatic heterocycles. The molecule has 1 rings (SSSR count). The number of rotatable bonds is 6. The second-order valence-corrected chi connectivity index (χ2v) is 5.15. The average molecular weight is 235 g/mol. The van der Waals surface area contributed by atoms with E-state index in [1.807, 2.05) is 19.2 Å². The Morgan fingerprint density at radius 3 is 2.12 bits per heavy atom. The highest BCUT2D eigenvalue weighted by molar-refractivity contribution is 5.29. The summed E-state index contributed by atoms with van der Waals surface area (Å²) in [5, 5.41) is 3.42. The normalized spacial score (nSPS) is 14.7. The summed E-state index contributed by atoms with van der Waals surface area (Å²) in [5.74, 6) is 2.28. The molecular weight excluding hydrogens is 210 g/mol. The lowest BCUT2D eigenvalue weighted by Crippen LogP contribution is -2.24. The third kappa shape index (κ3) is 4.04. The van der Waals surface area contributed by atoms with Gasteiger partial charge in [-0.2, -0.15) is 0 Å². The molecule has 0 amide bonds. The molecule has 2 unspecified atom stereocenters. The summed E-state index contributed by atoms with van der Waals surface area (Å²) in [4.78, 5) is 0. The number of hydrogen-bond donors (Lipinski definition) is 1. The fourth-order valence-corrected chi connectivity index (χ4v) is 2.47. The summed E-state index contributed by atoms with van der Waals surface area (Å²) in [6.07, 6.45) is 1.23. The zero-order chi connectivity index (χ0) is 12.8. The standard InChI is InChI=1S/C15H25NO/c1-11(2)10-12(3)15(16-4)13-6-8-14(17-5)9-7-13/h6-9,11-12,15-16H,10H2,1-5H3. The zero-order valence-corrected chi connectivity index (χ0v) is 11.7. The van der Waals surface area contributed by atoms with Gasteiger partial charge in [-0.05, 0) is 43.0 Å². The average Bonchev–Trinajstić information content (AvgIpc) is 2.30. The van der Waals surface area contributed by atoms with E-state index in [1.165, 1.54) is 12.0 Å². The third-order valence-corrected chi connectivity index (χ3v) is 3.20. The van der Waals surface area contributed by atoms with Crippen LogP contribution in [-0.2, 0) is 0 Å². The fourth-order valence-electron chi connectivity index (χ4n) is 2.47. The van der Waals surface area contributed by atoms with Crippen molar-refractivity contribution in [2.75, 3.05) is 14.2 Å². The van der Waals surface area contributed by atoms with Crippen molar-refractivity contribution in [2.24, 2.45) is 11.8 Å². The monoisotopic (exact) mass is 235 g/mol. The molecule has 0 saturated carbocycles. The molecular formula is C15H25NO. The van der Waals surface area contributed by atoms with E-state index in [9.17, 15) is 0 Å². The molecule has 2 heteroatoms. The molecule has 0 radical (unpaired) electrons. The molecule has 2 nitrogen and oxygen atoms in total. The van der Waals surface area contributed by atoms with E-state index in [-0.39, 0.29) is 0 Å². The molecule has 0 aliphatic rings. The van der Waals surface area contributed by atoms with Gasteiger partial charge in [0.2, 0.25) is 0 Å². The van der Waals surface area contributed by atoms with E-state index >= 15 is 0 Å². The first kappa shape index (κ1) is 14.0. The SMILES string of the molecule is CNC(c1ccc(OC)cc1)C(C)CC(C)C. The van der Waals surface area contributed by atoms with Crippen LogP contribution in [0.4, 0.5) is 0 Å². The van der Waals surface area contributed by atoms with Crippen LogP contribution >= 0.6 is 0 Å². The predicted octanol–water partition coefficient (Wildman–Crippen LogP) is 3.64. The van der Waals surface area contributed by atoms with Gasteiger partial charge in [-0.15, -0.1) is 0 Å². The molecule has 0 fully saturated rings. The van der Waals surface area contributed by atoms with E-state index in [2.05, 4.69) is 38.2 Å². The van der Waals surface area contributed by atoms with Gasteiger partial charge in [-0.25, -0.2) is 0 Å². The van der Waals surface area contributed by atoms with Gasteiger partial charge in [0.05, 0.1) is 7.11 Å². The van der Waals surface area contributed by atoms with Crippen LogP contribution < -0.4 is 10.1 Å². The topological polar surface area (TPSA) is 21.3 Å². The second-order valence-electron chi connectivity index (χ2n) is 5.15. The first-order valence-corrected chi connectivity index (χ1v) is 6.39. The Morgan fingerprint density at radius 2 is 1.71 bits per heavy atom. The van der Waals surface area contributed by atoms with Crippen molar-refractivity contribution in [3.05, 3.63) is 29.8 Å². The van der Waals surface area contributed by atoms with Crippen molar-refractivity contribution in [1.82, 2.24) is 5.32 Å². The van der Waals surface area contributed by atoms with E-state index in [4.69, 9.17) is 4.74 Å². The molecule has 0 aliphatic carbocycles. The van der Waals surface area contributed by atoms with E-state index in [1.54, 1.807) is 7.11 Å². The minimum Gasteiger partial charge on any atom is -0.497 e. The molecule has 1 aromatic carbocycles. The summed E-state index contributed by atoms with van der Waals surface area (Å²) in [7, 11) is 3.73.